The molecule has 8 aromatic carbocycles. The molecular weight excluding hydrogens is 687 g/mol. The Kier molecular flexibility index (Phi) is 7.49. The zero-order valence-corrected chi connectivity index (χ0v) is 30.2. The predicted octanol–water partition coefficient (Wildman–Crippen LogP) is 13.0. The number of furan rings is 2. The number of hydrogen-bond donors (Lipinski definition) is 1. The van der Waals surface area contributed by atoms with Gasteiger partial charge in [0.15, 0.2) is 5.84 Å². The Hall–Kier alpha value is -7.50. The van der Waals surface area contributed by atoms with Crippen LogP contribution in [0.5, 0.6) is 0 Å². The van der Waals surface area contributed by atoms with Gasteiger partial charge >= 0.3 is 0 Å². The lowest BCUT2D eigenvalue weighted by Crippen LogP contribution is -2.33. The zero-order chi connectivity index (χ0) is 37.0. The molecule has 0 radical (unpaired) electrons. The molecule has 0 saturated heterocycles. The Morgan fingerprint density at radius 2 is 0.839 bits per heavy atom. The Labute approximate surface area is 322 Å². The number of aliphatic imine (C=N–C) groups is 2. The minimum atomic E-state index is -0.316. The Bertz CT molecular complexity index is 3160. The van der Waals surface area contributed by atoms with E-state index in [4.69, 9.17) is 18.8 Å². The molecule has 5 nitrogen and oxygen atoms in total. The lowest BCUT2D eigenvalue weighted by Gasteiger charge is -2.24. The van der Waals surface area contributed by atoms with Gasteiger partial charge in [-0.25, -0.2) is 9.98 Å². The minimum Gasteiger partial charge on any atom is -0.456 e. The van der Waals surface area contributed by atoms with E-state index in [9.17, 15) is 0 Å². The van der Waals surface area contributed by atoms with Crippen LogP contribution in [0.1, 0.15) is 22.9 Å². The number of nitrogens with one attached hydrogen (secondary N) is 1. The van der Waals surface area contributed by atoms with Gasteiger partial charge in [-0.05, 0) is 81.4 Å². The average Bonchev–Trinajstić information content (AvgIpc) is 3.84. The van der Waals surface area contributed by atoms with Crippen LogP contribution in [0.2, 0.25) is 0 Å². The molecule has 3 heterocycles. The molecule has 0 fully saturated rings. The third-order valence-corrected chi connectivity index (χ3v) is 10.8. The van der Waals surface area contributed by atoms with Crippen LogP contribution in [0, 0.1) is 0 Å². The third kappa shape index (κ3) is 5.57. The summed E-state index contributed by atoms with van der Waals surface area (Å²) < 4.78 is 12.9. The minimum absolute atomic E-state index is 0.316. The molecule has 264 valence electrons. The third-order valence-electron chi connectivity index (χ3n) is 10.8. The smallest absolute Gasteiger partial charge is 0.159 e. The standard InChI is InChI=1S/C51H33N3O2/c1-3-11-32(12-4-1)33-19-21-35(22-20-33)50-52-49(34-13-5-2-6-14-34)53-51(54-50)38-25-28-44-43-27-24-37(30-47(43)56-48(44)31-38)40-16-8-7-15-39(40)36-23-26-42-41-17-9-10-18-45(41)55-46(42)29-36/h1-31,50H,(H,52,53,54). The van der Waals surface area contributed by atoms with E-state index in [2.05, 4.69) is 157 Å². The normalized spacial score (nSPS) is 14.2. The van der Waals surface area contributed by atoms with Crippen LogP contribution in [0.4, 0.5) is 0 Å². The zero-order valence-electron chi connectivity index (χ0n) is 30.2. The fourth-order valence-corrected chi connectivity index (χ4v) is 7.94. The molecule has 11 rings (SSSR count). The molecule has 0 aliphatic carbocycles. The van der Waals surface area contributed by atoms with E-state index >= 15 is 0 Å². The van der Waals surface area contributed by atoms with Crippen molar-refractivity contribution in [2.24, 2.45) is 9.98 Å². The fourth-order valence-electron chi connectivity index (χ4n) is 7.94. The van der Waals surface area contributed by atoms with Crippen LogP contribution in [-0.2, 0) is 0 Å². The van der Waals surface area contributed by atoms with E-state index in [0.717, 1.165) is 94.2 Å². The van der Waals surface area contributed by atoms with Gasteiger partial charge < -0.3 is 14.2 Å². The second-order valence-electron chi connectivity index (χ2n) is 14.2. The van der Waals surface area contributed by atoms with Crippen molar-refractivity contribution in [3.05, 3.63) is 205 Å². The van der Waals surface area contributed by atoms with Crippen molar-refractivity contribution in [2.45, 2.75) is 6.17 Å². The van der Waals surface area contributed by atoms with Crippen molar-refractivity contribution in [3.63, 3.8) is 0 Å². The van der Waals surface area contributed by atoms with Gasteiger partial charge in [0, 0.05) is 32.7 Å². The van der Waals surface area contributed by atoms with Crippen molar-refractivity contribution >= 4 is 55.5 Å². The summed E-state index contributed by atoms with van der Waals surface area (Å²) in [7, 11) is 0. The number of benzene rings is 8. The van der Waals surface area contributed by atoms with Gasteiger partial charge in [0.25, 0.3) is 0 Å². The van der Waals surface area contributed by atoms with Gasteiger partial charge in [-0.1, -0.05) is 146 Å². The van der Waals surface area contributed by atoms with Crippen molar-refractivity contribution in [1.82, 2.24) is 5.32 Å². The summed E-state index contributed by atoms with van der Waals surface area (Å²) >= 11 is 0. The van der Waals surface area contributed by atoms with Gasteiger partial charge in [-0.15, -0.1) is 0 Å². The first kappa shape index (κ1) is 32.0. The van der Waals surface area contributed by atoms with E-state index in [1.807, 2.05) is 36.4 Å². The van der Waals surface area contributed by atoms with E-state index in [1.165, 1.54) is 5.56 Å². The molecule has 5 heteroatoms. The Morgan fingerprint density at radius 3 is 1.48 bits per heavy atom. The first-order valence-corrected chi connectivity index (χ1v) is 18.8. The van der Waals surface area contributed by atoms with Gasteiger partial charge in [0.05, 0.1) is 0 Å². The Morgan fingerprint density at radius 1 is 0.375 bits per heavy atom. The molecular formula is C51H33N3O2. The van der Waals surface area contributed by atoms with Crippen molar-refractivity contribution in [3.8, 4) is 33.4 Å². The summed E-state index contributed by atoms with van der Waals surface area (Å²) in [6, 6.07) is 65.2. The maximum absolute atomic E-state index is 6.63. The van der Waals surface area contributed by atoms with Crippen LogP contribution in [0.25, 0.3) is 77.3 Å². The first-order valence-electron chi connectivity index (χ1n) is 18.8. The molecule has 1 unspecified atom stereocenters. The predicted molar refractivity (Wildman–Crippen MR) is 229 cm³/mol. The summed E-state index contributed by atoms with van der Waals surface area (Å²) in [4.78, 5) is 10.2. The number of rotatable bonds is 6. The maximum Gasteiger partial charge on any atom is 0.159 e. The van der Waals surface area contributed by atoms with Gasteiger partial charge in [0.1, 0.15) is 34.3 Å². The van der Waals surface area contributed by atoms with Crippen LogP contribution < -0.4 is 5.32 Å². The maximum atomic E-state index is 6.63. The topological polar surface area (TPSA) is 63.0 Å². The molecule has 2 aromatic heterocycles. The molecule has 1 aliphatic rings. The number of hydrogen-bond acceptors (Lipinski definition) is 5. The highest BCUT2D eigenvalue weighted by molar-refractivity contribution is 6.15. The second-order valence-corrected chi connectivity index (χ2v) is 14.2. The van der Waals surface area contributed by atoms with Crippen molar-refractivity contribution in [1.29, 1.82) is 0 Å². The van der Waals surface area contributed by atoms with Crippen molar-refractivity contribution in [2.75, 3.05) is 0 Å². The SMILES string of the molecule is c1ccc(C2=NC(c3ccc4c(c3)oc3cc(-c5ccccc5-c5ccc6c(c5)oc5ccccc56)ccc34)=NC(c3ccc(-c4ccccc4)cc3)N2)cc1. The van der Waals surface area contributed by atoms with E-state index in [-0.39, 0.29) is 6.17 Å². The van der Waals surface area contributed by atoms with Gasteiger partial charge in [-0.2, -0.15) is 0 Å². The number of amidine groups is 2. The molecule has 10 aromatic rings. The molecule has 1 aliphatic heterocycles. The number of nitrogens with zero attached hydrogens (tertiary/aromatic N) is 2. The fraction of sp³-hybridized carbons (Fsp3) is 0.0196. The van der Waals surface area contributed by atoms with Gasteiger partial charge in [-0.3, -0.25) is 0 Å². The monoisotopic (exact) mass is 719 g/mol. The van der Waals surface area contributed by atoms with Crippen LogP contribution in [-0.4, -0.2) is 11.7 Å². The summed E-state index contributed by atoms with van der Waals surface area (Å²) in [6.45, 7) is 0. The summed E-state index contributed by atoms with van der Waals surface area (Å²) in [6.07, 6.45) is -0.316. The highest BCUT2D eigenvalue weighted by Crippen LogP contribution is 2.39. The molecule has 0 saturated carbocycles. The molecule has 1 N–H and O–H groups in total. The number of para-hydroxylation sites is 1. The highest BCUT2D eigenvalue weighted by Gasteiger charge is 2.22. The van der Waals surface area contributed by atoms with Gasteiger partial charge in [0.2, 0.25) is 0 Å². The van der Waals surface area contributed by atoms with Crippen LogP contribution >= 0.6 is 0 Å². The largest absolute Gasteiger partial charge is 0.456 e. The number of fused-ring (bicyclic) bond motifs is 6. The summed E-state index contributed by atoms with van der Waals surface area (Å²) in [5.41, 5.74) is 13.1. The lowest BCUT2D eigenvalue weighted by atomic mass is 9.93. The quantitative estimate of drug-likeness (QED) is 0.186. The van der Waals surface area contributed by atoms with Crippen LogP contribution in [0.15, 0.2) is 207 Å². The molecule has 0 amide bonds. The lowest BCUT2D eigenvalue weighted by molar-refractivity contribution is 0.667. The average molecular weight is 720 g/mol. The second kappa shape index (κ2) is 13.1. The first-order chi connectivity index (χ1) is 27.7. The highest BCUT2D eigenvalue weighted by atomic mass is 16.3. The molecule has 0 bridgehead atoms. The van der Waals surface area contributed by atoms with E-state index < -0.39 is 0 Å². The summed E-state index contributed by atoms with van der Waals surface area (Å²) in [5, 5.41) is 7.95. The van der Waals surface area contributed by atoms with Crippen molar-refractivity contribution < 1.29 is 8.83 Å². The summed E-state index contributed by atoms with van der Waals surface area (Å²) in [5.74, 6) is 1.43. The Balaban J connectivity index is 0.958. The van der Waals surface area contributed by atoms with E-state index in [0.29, 0.717) is 5.84 Å². The molecule has 56 heavy (non-hydrogen) atoms. The van der Waals surface area contributed by atoms with E-state index in [1.54, 1.807) is 0 Å². The molecule has 1 atom stereocenters. The molecule has 0 spiro atoms. The van der Waals surface area contributed by atoms with Crippen LogP contribution in [0.3, 0.4) is 0 Å².